The van der Waals surface area contributed by atoms with Crippen LogP contribution in [0, 0.1) is 0 Å². The number of carbonyl (C=O) groups is 2. The van der Waals surface area contributed by atoms with Crippen LogP contribution in [0.2, 0.25) is 0 Å². The standard InChI is InChI=1S/C24H26N4O5S/c29-22-18-14-17(34(32,33)28-21-8-4-5-12-25-24(21)31)9-10-20(18)27-15-19(22)23(30)26-13-11-16-6-2-1-3-7-16/h1-3,6-7,9-10,14-15,21,28H,4-5,8,11-13H2,(H,25,31)(H,26,30)(H,27,29). The van der Waals surface area contributed by atoms with Crippen LogP contribution < -0.4 is 20.8 Å². The summed E-state index contributed by atoms with van der Waals surface area (Å²) in [6.45, 7) is 0.862. The Labute approximate surface area is 197 Å². The number of hydrogen-bond donors (Lipinski definition) is 4. The molecular weight excluding hydrogens is 456 g/mol. The van der Waals surface area contributed by atoms with Crippen LogP contribution in [-0.2, 0) is 21.2 Å². The van der Waals surface area contributed by atoms with E-state index in [-0.39, 0.29) is 21.8 Å². The molecule has 1 saturated heterocycles. The largest absolute Gasteiger partial charge is 0.360 e. The van der Waals surface area contributed by atoms with Crippen molar-refractivity contribution in [2.24, 2.45) is 0 Å². The highest BCUT2D eigenvalue weighted by Crippen LogP contribution is 2.17. The summed E-state index contributed by atoms with van der Waals surface area (Å²) < 4.78 is 28.3. The molecule has 0 saturated carbocycles. The Morgan fingerprint density at radius 1 is 1.06 bits per heavy atom. The molecule has 1 atom stereocenters. The van der Waals surface area contributed by atoms with Gasteiger partial charge in [-0.15, -0.1) is 0 Å². The van der Waals surface area contributed by atoms with E-state index in [0.717, 1.165) is 12.0 Å². The zero-order chi connectivity index (χ0) is 24.1. The fraction of sp³-hybridized carbons (Fsp3) is 0.292. The Morgan fingerprint density at radius 3 is 2.65 bits per heavy atom. The zero-order valence-corrected chi connectivity index (χ0v) is 19.3. The zero-order valence-electron chi connectivity index (χ0n) is 18.5. The summed E-state index contributed by atoms with van der Waals surface area (Å²) in [5.74, 6) is -0.908. The normalized spacial score (nSPS) is 16.6. The lowest BCUT2D eigenvalue weighted by Gasteiger charge is -2.15. The highest BCUT2D eigenvalue weighted by atomic mass is 32.2. The highest BCUT2D eigenvalue weighted by Gasteiger charge is 2.27. The Hall–Kier alpha value is -3.50. The number of amides is 2. The Kier molecular flexibility index (Phi) is 7.09. The van der Waals surface area contributed by atoms with Crippen molar-refractivity contribution >= 4 is 32.7 Å². The molecule has 1 aliphatic heterocycles. The minimum atomic E-state index is -4.06. The predicted octanol–water partition coefficient (Wildman–Crippen LogP) is 1.45. The molecule has 4 N–H and O–H groups in total. The van der Waals surface area contributed by atoms with Gasteiger partial charge in [0.25, 0.3) is 5.91 Å². The van der Waals surface area contributed by atoms with Gasteiger partial charge in [-0.1, -0.05) is 30.3 Å². The lowest BCUT2D eigenvalue weighted by Crippen LogP contribution is -2.45. The van der Waals surface area contributed by atoms with Gasteiger partial charge >= 0.3 is 0 Å². The first-order valence-corrected chi connectivity index (χ1v) is 12.6. The van der Waals surface area contributed by atoms with E-state index in [1.165, 1.54) is 24.4 Å². The maximum atomic E-state index is 13.0. The van der Waals surface area contributed by atoms with Crippen molar-refractivity contribution in [3.05, 3.63) is 76.1 Å². The molecule has 1 fully saturated rings. The maximum Gasteiger partial charge on any atom is 0.256 e. The lowest BCUT2D eigenvalue weighted by molar-refractivity contribution is -0.122. The van der Waals surface area contributed by atoms with Gasteiger partial charge in [0, 0.05) is 30.2 Å². The Bertz CT molecular complexity index is 1370. The van der Waals surface area contributed by atoms with Gasteiger partial charge in [-0.3, -0.25) is 14.4 Å². The number of rotatable bonds is 7. The number of benzene rings is 2. The third kappa shape index (κ3) is 5.35. The number of nitrogens with one attached hydrogen (secondary N) is 4. The molecule has 9 nitrogen and oxygen atoms in total. The number of sulfonamides is 1. The first kappa shape index (κ1) is 23.7. The van der Waals surface area contributed by atoms with Gasteiger partial charge in [0.05, 0.1) is 4.90 Å². The molecule has 0 bridgehead atoms. The summed E-state index contributed by atoms with van der Waals surface area (Å²) in [6.07, 6.45) is 3.83. The van der Waals surface area contributed by atoms with Crippen molar-refractivity contribution in [3.63, 3.8) is 0 Å². The van der Waals surface area contributed by atoms with E-state index in [1.54, 1.807) is 0 Å². The fourth-order valence-corrected chi connectivity index (χ4v) is 5.16. The van der Waals surface area contributed by atoms with Crippen molar-refractivity contribution in [1.29, 1.82) is 0 Å². The van der Waals surface area contributed by atoms with Crippen molar-refractivity contribution in [3.8, 4) is 0 Å². The smallest absolute Gasteiger partial charge is 0.256 e. The molecule has 0 spiro atoms. The van der Waals surface area contributed by atoms with E-state index in [9.17, 15) is 22.8 Å². The molecule has 34 heavy (non-hydrogen) atoms. The van der Waals surface area contributed by atoms with Crippen LogP contribution in [0.5, 0.6) is 0 Å². The molecule has 3 aromatic rings. The maximum absolute atomic E-state index is 13.0. The second kappa shape index (κ2) is 10.2. The Morgan fingerprint density at radius 2 is 1.85 bits per heavy atom. The van der Waals surface area contributed by atoms with Gasteiger partial charge in [-0.05, 0) is 49.4 Å². The number of H-pyrrole nitrogens is 1. The minimum absolute atomic E-state index is 0.0731. The summed E-state index contributed by atoms with van der Waals surface area (Å²) in [7, 11) is -4.06. The summed E-state index contributed by atoms with van der Waals surface area (Å²) >= 11 is 0. The van der Waals surface area contributed by atoms with Crippen LogP contribution in [0.25, 0.3) is 10.9 Å². The van der Waals surface area contributed by atoms with Gasteiger partial charge < -0.3 is 15.6 Å². The van der Waals surface area contributed by atoms with Crippen LogP contribution >= 0.6 is 0 Å². The second-order valence-corrected chi connectivity index (χ2v) is 9.91. The minimum Gasteiger partial charge on any atom is -0.360 e. The lowest BCUT2D eigenvalue weighted by atomic mass is 10.1. The second-order valence-electron chi connectivity index (χ2n) is 8.19. The number of aromatic amines is 1. The van der Waals surface area contributed by atoms with Gasteiger partial charge in [-0.25, -0.2) is 8.42 Å². The monoisotopic (exact) mass is 482 g/mol. The van der Waals surface area contributed by atoms with Crippen molar-refractivity contribution in [2.45, 2.75) is 36.6 Å². The quantitative estimate of drug-likeness (QED) is 0.404. The third-order valence-electron chi connectivity index (χ3n) is 5.78. The molecule has 1 aromatic heterocycles. The first-order valence-electron chi connectivity index (χ1n) is 11.1. The van der Waals surface area contributed by atoms with Gasteiger partial charge in [-0.2, -0.15) is 4.72 Å². The molecule has 1 aliphatic rings. The van der Waals surface area contributed by atoms with Crippen molar-refractivity contribution in [2.75, 3.05) is 13.1 Å². The van der Waals surface area contributed by atoms with Gasteiger partial charge in [0.1, 0.15) is 11.6 Å². The summed E-state index contributed by atoms with van der Waals surface area (Å²) in [4.78, 5) is 40.5. The topological polar surface area (TPSA) is 137 Å². The molecule has 0 radical (unpaired) electrons. The van der Waals surface area contributed by atoms with Crippen LogP contribution in [0.1, 0.15) is 35.2 Å². The van der Waals surface area contributed by atoms with Gasteiger partial charge in [0.2, 0.25) is 21.4 Å². The van der Waals surface area contributed by atoms with E-state index in [2.05, 4.69) is 20.3 Å². The van der Waals surface area contributed by atoms with Crippen LogP contribution in [0.3, 0.4) is 0 Å². The molecule has 2 aromatic carbocycles. The molecule has 2 amide bonds. The molecule has 4 rings (SSSR count). The van der Waals surface area contributed by atoms with E-state index in [1.807, 2.05) is 30.3 Å². The molecule has 0 aliphatic carbocycles. The molecule has 1 unspecified atom stereocenters. The van der Waals surface area contributed by atoms with E-state index < -0.39 is 27.4 Å². The highest BCUT2D eigenvalue weighted by molar-refractivity contribution is 7.89. The third-order valence-corrected chi connectivity index (χ3v) is 7.25. The Balaban J connectivity index is 1.54. The number of pyridine rings is 1. The molecule has 2 heterocycles. The molecule has 10 heteroatoms. The van der Waals surface area contributed by atoms with E-state index in [0.29, 0.717) is 37.9 Å². The van der Waals surface area contributed by atoms with Crippen molar-refractivity contribution < 1.29 is 18.0 Å². The number of hydrogen-bond acceptors (Lipinski definition) is 5. The van der Waals surface area contributed by atoms with E-state index >= 15 is 0 Å². The first-order chi connectivity index (χ1) is 16.3. The van der Waals surface area contributed by atoms with E-state index in [4.69, 9.17) is 0 Å². The number of aromatic nitrogens is 1. The van der Waals surface area contributed by atoms with Crippen LogP contribution in [0.4, 0.5) is 0 Å². The van der Waals surface area contributed by atoms with Gasteiger partial charge in [0.15, 0.2) is 0 Å². The average molecular weight is 483 g/mol. The molecular formula is C24H26N4O5S. The molecule has 178 valence electrons. The van der Waals surface area contributed by atoms with Crippen LogP contribution in [-0.4, -0.2) is 44.3 Å². The number of carbonyl (C=O) groups excluding carboxylic acids is 2. The summed E-state index contributed by atoms with van der Waals surface area (Å²) in [6, 6.07) is 12.8. The van der Waals surface area contributed by atoms with Crippen LogP contribution in [0.15, 0.2) is 64.4 Å². The summed E-state index contributed by atoms with van der Waals surface area (Å²) in [5, 5.41) is 5.49. The number of fused-ring (bicyclic) bond motifs is 1. The fourth-order valence-electron chi connectivity index (χ4n) is 3.90. The predicted molar refractivity (Wildman–Crippen MR) is 128 cm³/mol. The van der Waals surface area contributed by atoms with Crippen molar-refractivity contribution in [1.82, 2.24) is 20.3 Å². The summed E-state index contributed by atoms with van der Waals surface area (Å²) in [5.41, 5.74) is 0.776. The SMILES string of the molecule is O=C(NCCc1ccccc1)c1c[nH]c2ccc(S(=O)(=O)NC3CCCCNC3=O)cc2c1=O. The average Bonchev–Trinajstić information content (AvgIpc) is 3.03.